The Morgan fingerprint density at radius 1 is 0.333 bits per heavy atom. The first-order valence-electron chi connectivity index (χ1n) is 16.3. The average Bonchev–Trinajstić information content (AvgIpc) is 3.55. The van der Waals surface area contributed by atoms with Gasteiger partial charge >= 0.3 is 0 Å². The van der Waals surface area contributed by atoms with Crippen molar-refractivity contribution in [3.8, 4) is 33.4 Å². The van der Waals surface area contributed by atoms with Crippen LogP contribution >= 0.6 is 11.3 Å². The molecule has 226 valence electrons. The highest BCUT2D eigenvalue weighted by Crippen LogP contribution is 2.45. The van der Waals surface area contributed by atoms with Crippen molar-refractivity contribution in [2.75, 3.05) is 4.90 Å². The molecule has 8 aromatic carbocycles. The van der Waals surface area contributed by atoms with Crippen LogP contribution in [-0.4, -0.2) is 0 Å². The van der Waals surface area contributed by atoms with Crippen LogP contribution in [0, 0.1) is 0 Å². The minimum absolute atomic E-state index is 1.12. The molecule has 2 heteroatoms. The quantitative estimate of drug-likeness (QED) is 0.177. The molecule has 0 N–H and O–H groups in total. The van der Waals surface area contributed by atoms with Gasteiger partial charge in [0.15, 0.2) is 0 Å². The number of anilines is 3. The SMILES string of the molecule is c1ccc(-c2cccc(-c3cccc(N(c4ccc(-c5ccc6ccccc6c5)cc4)c4cccc5c4sc4ccccc45)c3)c2)cc1. The molecule has 9 rings (SSSR count). The second-order valence-electron chi connectivity index (χ2n) is 12.2. The van der Waals surface area contributed by atoms with Gasteiger partial charge in [-0.15, -0.1) is 11.3 Å². The largest absolute Gasteiger partial charge is 0.309 e. The van der Waals surface area contributed by atoms with E-state index in [1.54, 1.807) is 0 Å². The van der Waals surface area contributed by atoms with Crippen molar-refractivity contribution < 1.29 is 0 Å². The lowest BCUT2D eigenvalue weighted by molar-refractivity contribution is 1.30. The van der Waals surface area contributed by atoms with Gasteiger partial charge in [-0.2, -0.15) is 0 Å². The summed E-state index contributed by atoms with van der Waals surface area (Å²) in [5.41, 5.74) is 10.7. The number of thiophene rings is 1. The lowest BCUT2D eigenvalue weighted by Crippen LogP contribution is -2.10. The third-order valence-corrected chi connectivity index (χ3v) is 10.4. The molecule has 48 heavy (non-hydrogen) atoms. The number of fused-ring (bicyclic) bond motifs is 4. The summed E-state index contributed by atoms with van der Waals surface area (Å²) < 4.78 is 2.59. The average molecular weight is 630 g/mol. The van der Waals surface area contributed by atoms with E-state index in [9.17, 15) is 0 Å². The van der Waals surface area contributed by atoms with Crippen LogP contribution in [0.5, 0.6) is 0 Å². The Balaban J connectivity index is 1.18. The van der Waals surface area contributed by atoms with Crippen LogP contribution in [0.1, 0.15) is 0 Å². The molecule has 0 radical (unpaired) electrons. The summed E-state index contributed by atoms with van der Waals surface area (Å²) in [4.78, 5) is 2.42. The first-order chi connectivity index (χ1) is 23.8. The van der Waals surface area contributed by atoms with Gasteiger partial charge < -0.3 is 4.90 Å². The van der Waals surface area contributed by atoms with Crippen LogP contribution in [-0.2, 0) is 0 Å². The van der Waals surface area contributed by atoms with Crippen molar-refractivity contribution in [2.24, 2.45) is 0 Å². The highest BCUT2D eigenvalue weighted by atomic mass is 32.1. The van der Waals surface area contributed by atoms with Crippen LogP contribution < -0.4 is 4.90 Å². The maximum Gasteiger partial charge on any atom is 0.0640 e. The standard InChI is InChI=1S/C46H31NS/c1-2-11-32(12-3-1)36-15-8-16-37(29-36)38-17-9-18-41(31-38)47(44-21-10-20-43-42-19-6-7-22-45(42)48-46(43)44)40-27-25-34(26-28-40)39-24-23-33-13-4-5-14-35(33)30-39/h1-31H. The molecule has 1 nitrogen and oxygen atoms in total. The Morgan fingerprint density at radius 2 is 0.917 bits per heavy atom. The Hall–Kier alpha value is -5.96. The van der Waals surface area contributed by atoms with Gasteiger partial charge in [0.1, 0.15) is 0 Å². The third-order valence-electron chi connectivity index (χ3n) is 9.24. The van der Waals surface area contributed by atoms with Crippen molar-refractivity contribution in [3.05, 3.63) is 188 Å². The molecule has 0 bridgehead atoms. The molecule has 0 amide bonds. The summed E-state index contributed by atoms with van der Waals surface area (Å²) in [6.45, 7) is 0. The van der Waals surface area contributed by atoms with Crippen molar-refractivity contribution in [3.63, 3.8) is 0 Å². The fourth-order valence-corrected chi connectivity index (χ4v) is 8.05. The Labute approximate surface area is 284 Å². The van der Waals surface area contributed by atoms with E-state index in [1.165, 1.54) is 70.0 Å². The molecule has 9 aromatic rings. The van der Waals surface area contributed by atoms with Crippen LogP contribution in [0.15, 0.2) is 188 Å². The molecule has 0 fully saturated rings. The molecule has 0 spiro atoms. The van der Waals surface area contributed by atoms with Gasteiger partial charge in [-0.1, -0.05) is 140 Å². The fraction of sp³-hybridized carbons (Fsp3) is 0. The van der Waals surface area contributed by atoms with E-state index < -0.39 is 0 Å². The Kier molecular flexibility index (Phi) is 7.07. The number of rotatable bonds is 6. The van der Waals surface area contributed by atoms with Gasteiger partial charge in [0.05, 0.1) is 10.4 Å². The first kappa shape index (κ1) is 28.3. The van der Waals surface area contributed by atoms with E-state index in [0.717, 1.165) is 11.4 Å². The minimum atomic E-state index is 1.12. The van der Waals surface area contributed by atoms with Crippen molar-refractivity contribution in [2.45, 2.75) is 0 Å². The lowest BCUT2D eigenvalue weighted by atomic mass is 9.98. The van der Waals surface area contributed by atoms with Gasteiger partial charge in [0, 0.05) is 26.8 Å². The number of hydrogen-bond acceptors (Lipinski definition) is 2. The van der Waals surface area contributed by atoms with E-state index in [4.69, 9.17) is 0 Å². The maximum absolute atomic E-state index is 2.42. The highest BCUT2D eigenvalue weighted by Gasteiger charge is 2.19. The van der Waals surface area contributed by atoms with Gasteiger partial charge in [0.25, 0.3) is 0 Å². The first-order valence-corrected chi connectivity index (χ1v) is 17.2. The molecule has 0 atom stereocenters. The van der Waals surface area contributed by atoms with Gasteiger partial charge in [-0.3, -0.25) is 0 Å². The van der Waals surface area contributed by atoms with E-state index in [0.29, 0.717) is 0 Å². The van der Waals surface area contributed by atoms with Crippen molar-refractivity contribution in [1.82, 2.24) is 0 Å². The number of hydrogen-bond donors (Lipinski definition) is 0. The maximum atomic E-state index is 2.42. The second kappa shape index (κ2) is 12.0. The fourth-order valence-electron chi connectivity index (χ4n) is 6.84. The van der Waals surface area contributed by atoms with Gasteiger partial charge in [-0.25, -0.2) is 0 Å². The topological polar surface area (TPSA) is 3.24 Å². The molecule has 1 heterocycles. The zero-order valence-corrected chi connectivity index (χ0v) is 27.1. The Bertz CT molecular complexity index is 2560. The summed E-state index contributed by atoms with van der Waals surface area (Å²) in [5.74, 6) is 0. The minimum Gasteiger partial charge on any atom is -0.309 e. The molecule has 0 aliphatic rings. The lowest BCUT2D eigenvalue weighted by Gasteiger charge is -2.27. The molecule has 0 unspecified atom stereocenters. The summed E-state index contributed by atoms with van der Waals surface area (Å²) in [5, 5.41) is 5.11. The van der Waals surface area contributed by atoms with E-state index in [-0.39, 0.29) is 0 Å². The molecule has 0 saturated heterocycles. The summed E-state index contributed by atoms with van der Waals surface area (Å²) in [6.07, 6.45) is 0. The highest BCUT2D eigenvalue weighted by molar-refractivity contribution is 7.26. The predicted octanol–water partition coefficient (Wildman–Crippen LogP) is 13.7. The van der Waals surface area contributed by atoms with Crippen LogP contribution in [0.4, 0.5) is 17.1 Å². The smallest absolute Gasteiger partial charge is 0.0640 e. The van der Waals surface area contributed by atoms with Crippen LogP contribution in [0.25, 0.3) is 64.3 Å². The molecule has 0 aliphatic carbocycles. The van der Waals surface area contributed by atoms with E-state index in [2.05, 4.69) is 193 Å². The number of nitrogens with zero attached hydrogens (tertiary/aromatic N) is 1. The van der Waals surface area contributed by atoms with Crippen LogP contribution in [0.3, 0.4) is 0 Å². The molecular weight excluding hydrogens is 599 g/mol. The van der Waals surface area contributed by atoms with E-state index >= 15 is 0 Å². The molecular formula is C46H31NS. The normalized spacial score (nSPS) is 11.3. The summed E-state index contributed by atoms with van der Waals surface area (Å²) in [7, 11) is 0. The zero-order valence-electron chi connectivity index (χ0n) is 26.3. The van der Waals surface area contributed by atoms with Crippen molar-refractivity contribution >= 4 is 59.3 Å². The van der Waals surface area contributed by atoms with Crippen molar-refractivity contribution in [1.29, 1.82) is 0 Å². The second-order valence-corrected chi connectivity index (χ2v) is 13.2. The monoisotopic (exact) mass is 629 g/mol. The summed E-state index contributed by atoms with van der Waals surface area (Å²) >= 11 is 1.87. The third kappa shape index (κ3) is 5.13. The van der Waals surface area contributed by atoms with E-state index in [1.807, 2.05) is 11.3 Å². The Morgan fingerprint density at radius 3 is 1.77 bits per heavy atom. The van der Waals surface area contributed by atoms with Gasteiger partial charge in [-0.05, 0) is 92.7 Å². The summed E-state index contributed by atoms with van der Waals surface area (Å²) in [6, 6.07) is 68.2. The number of benzene rings is 8. The zero-order chi connectivity index (χ0) is 31.9. The van der Waals surface area contributed by atoms with Gasteiger partial charge in [0.2, 0.25) is 0 Å². The molecule has 0 saturated carbocycles. The molecule has 1 aromatic heterocycles. The predicted molar refractivity (Wildman–Crippen MR) is 208 cm³/mol. The van der Waals surface area contributed by atoms with Crippen LogP contribution in [0.2, 0.25) is 0 Å². The molecule has 0 aliphatic heterocycles.